The minimum absolute atomic E-state index is 0.00463. The molecule has 0 radical (unpaired) electrons. The first-order valence-corrected chi connectivity index (χ1v) is 23.0. The van der Waals surface area contributed by atoms with Crippen molar-refractivity contribution < 1.29 is 4.74 Å². The first kappa shape index (κ1) is 42.3. The maximum Gasteiger partial charge on any atom is 0.0785 e. The first-order valence-electron chi connectivity index (χ1n) is 23.0. The highest BCUT2D eigenvalue weighted by Crippen LogP contribution is 2.60. The van der Waals surface area contributed by atoms with E-state index in [0.29, 0.717) is 0 Å². The predicted molar refractivity (Wildman–Crippen MR) is 268 cm³/mol. The van der Waals surface area contributed by atoms with E-state index in [2.05, 4.69) is 238 Å². The van der Waals surface area contributed by atoms with Gasteiger partial charge in [0.1, 0.15) is 0 Å². The molecule has 2 aliphatic carbocycles. The summed E-state index contributed by atoms with van der Waals surface area (Å²) in [6.07, 6.45) is 1.95. The van der Waals surface area contributed by atoms with Crippen LogP contribution in [0.5, 0.6) is 0 Å². The van der Waals surface area contributed by atoms with Crippen LogP contribution in [-0.4, -0.2) is 12.2 Å². The molecular formula is C61H63NO. The van der Waals surface area contributed by atoms with Crippen LogP contribution in [0.1, 0.15) is 94.3 Å². The summed E-state index contributed by atoms with van der Waals surface area (Å²) in [4.78, 5) is 2.48. The minimum Gasteiger partial charge on any atom is -0.370 e. The fraction of sp³-hybridized carbons (Fsp3) is 0.279. The standard InChI is InChI=1S/C61H63NO/c1-12-58(63-43(6)59(7,8)9)41(4)42(5)61(46-35-39(2)34-40(3)36-46)55-25-19-17-23-51(55)53-33-31-49(38-57(53)61)62(47-28-26-45(27-29-47)44-20-14-13-15-21-44)48-30-32-52-50-22-16-18-24-54(50)60(10,11)56(52)37-48/h12-38,41-43,58H,1H2,2-11H3/t41-,42+,43?,58?,61-/m1/s1. The Kier molecular flexibility index (Phi) is 10.7. The zero-order valence-electron chi connectivity index (χ0n) is 39.0. The van der Waals surface area contributed by atoms with Crippen LogP contribution in [0, 0.1) is 31.1 Å². The summed E-state index contributed by atoms with van der Waals surface area (Å²) in [6.45, 7) is 27.4. The Balaban J connectivity index is 1.27. The predicted octanol–water partition coefficient (Wildman–Crippen LogP) is 16.3. The van der Waals surface area contributed by atoms with Gasteiger partial charge in [-0.15, -0.1) is 6.58 Å². The second kappa shape index (κ2) is 16.0. The Bertz CT molecular complexity index is 2800. The molecule has 0 bridgehead atoms. The van der Waals surface area contributed by atoms with Gasteiger partial charge in [-0.1, -0.05) is 187 Å². The van der Waals surface area contributed by atoms with Gasteiger partial charge in [0.25, 0.3) is 0 Å². The van der Waals surface area contributed by atoms with Gasteiger partial charge >= 0.3 is 0 Å². The van der Waals surface area contributed by atoms with Gasteiger partial charge in [0, 0.05) is 27.9 Å². The van der Waals surface area contributed by atoms with Gasteiger partial charge in [-0.2, -0.15) is 0 Å². The van der Waals surface area contributed by atoms with Gasteiger partial charge in [-0.05, 0) is 136 Å². The molecule has 318 valence electrons. The average Bonchev–Trinajstić information content (AvgIpc) is 3.70. The van der Waals surface area contributed by atoms with Crippen molar-refractivity contribution in [2.45, 2.75) is 92.3 Å². The van der Waals surface area contributed by atoms with E-state index in [0.717, 1.165) is 17.1 Å². The number of hydrogen-bond acceptors (Lipinski definition) is 2. The molecule has 0 spiro atoms. The van der Waals surface area contributed by atoms with Crippen LogP contribution < -0.4 is 4.90 Å². The summed E-state index contributed by atoms with van der Waals surface area (Å²) in [5, 5.41) is 0. The number of ether oxygens (including phenoxy) is 1. The molecule has 9 rings (SSSR count). The fourth-order valence-electron chi connectivity index (χ4n) is 10.9. The Morgan fingerprint density at radius 1 is 0.540 bits per heavy atom. The molecule has 0 saturated carbocycles. The smallest absolute Gasteiger partial charge is 0.0785 e. The highest BCUT2D eigenvalue weighted by atomic mass is 16.5. The van der Waals surface area contributed by atoms with Crippen molar-refractivity contribution in [3.05, 3.63) is 209 Å². The van der Waals surface area contributed by atoms with Crippen molar-refractivity contribution in [3.63, 3.8) is 0 Å². The largest absolute Gasteiger partial charge is 0.370 e. The molecule has 0 aromatic heterocycles. The molecule has 2 nitrogen and oxygen atoms in total. The molecule has 2 aliphatic rings. The van der Waals surface area contributed by atoms with Crippen LogP contribution in [0.2, 0.25) is 0 Å². The Morgan fingerprint density at radius 2 is 1.03 bits per heavy atom. The number of rotatable bonds is 11. The zero-order chi connectivity index (χ0) is 44.4. The number of fused-ring (bicyclic) bond motifs is 6. The lowest BCUT2D eigenvalue weighted by Gasteiger charge is -2.44. The third kappa shape index (κ3) is 7.08. The molecule has 0 aliphatic heterocycles. The van der Waals surface area contributed by atoms with Gasteiger partial charge < -0.3 is 9.64 Å². The van der Waals surface area contributed by atoms with E-state index >= 15 is 0 Å². The Morgan fingerprint density at radius 3 is 1.63 bits per heavy atom. The maximum absolute atomic E-state index is 6.98. The van der Waals surface area contributed by atoms with Gasteiger partial charge in [0.05, 0.1) is 12.2 Å². The molecule has 0 heterocycles. The fourth-order valence-corrected chi connectivity index (χ4v) is 10.9. The lowest BCUT2D eigenvalue weighted by atomic mass is 9.60. The van der Waals surface area contributed by atoms with Crippen molar-refractivity contribution in [2.24, 2.45) is 17.3 Å². The van der Waals surface area contributed by atoms with Crippen molar-refractivity contribution >= 4 is 17.1 Å². The first-order chi connectivity index (χ1) is 30.1. The number of aryl methyl sites for hydroxylation is 2. The third-order valence-corrected chi connectivity index (χ3v) is 14.9. The van der Waals surface area contributed by atoms with Crippen LogP contribution in [0.3, 0.4) is 0 Å². The molecule has 0 amide bonds. The summed E-state index contributed by atoms with van der Waals surface area (Å²) in [5.41, 5.74) is 19.7. The SMILES string of the molecule is C=CC(OC(C)C(C)(C)C)[C@H](C)[C@H](C)[C@@]1(c2cc(C)cc(C)c2)c2ccccc2-c2ccc(N(c3ccc(-c4ccccc4)cc3)c3ccc4c(c3)C(C)(C)c3ccccc3-4)cc21. The van der Waals surface area contributed by atoms with E-state index in [1.165, 1.54) is 72.3 Å². The van der Waals surface area contributed by atoms with Crippen molar-refractivity contribution in [3.8, 4) is 33.4 Å². The van der Waals surface area contributed by atoms with E-state index in [1.807, 2.05) is 6.08 Å². The minimum atomic E-state index is -0.488. The van der Waals surface area contributed by atoms with Crippen LogP contribution in [-0.2, 0) is 15.6 Å². The molecule has 7 aromatic carbocycles. The van der Waals surface area contributed by atoms with Crippen molar-refractivity contribution in [2.75, 3.05) is 4.90 Å². The highest BCUT2D eigenvalue weighted by Gasteiger charge is 2.51. The third-order valence-electron chi connectivity index (χ3n) is 14.9. The summed E-state index contributed by atoms with van der Waals surface area (Å²) >= 11 is 0. The van der Waals surface area contributed by atoms with E-state index in [9.17, 15) is 0 Å². The van der Waals surface area contributed by atoms with E-state index in [4.69, 9.17) is 4.74 Å². The van der Waals surface area contributed by atoms with Gasteiger partial charge in [-0.25, -0.2) is 0 Å². The van der Waals surface area contributed by atoms with Gasteiger partial charge in [-0.3, -0.25) is 0 Å². The van der Waals surface area contributed by atoms with Crippen LogP contribution in [0.25, 0.3) is 33.4 Å². The quantitative estimate of drug-likeness (QED) is 0.121. The lowest BCUT2D eigenvalue weighted by molar-refractivity contribution is -0.0661. The van der Waals surface area contributed by atoms with E-state index < -0.39 is 5.41 Å². The second-order valence-corrected chi connectivity index (χ2v) is 20.1. The summed E-state index contributed by atoms with van der Waals surface area (Å²) in [7, 11) is 0. The van der Waals surface area contributed by atoms with E-state index in [1.54, 1.807) is 0 Å². The summed E-state index contributed by atoms with van der Waals surface area (Å²) < 4.78 is 6.98. The van der Waals surface area contributed by atoms with Gasteiger partial charge in [0.15, 0.2) is 0 Å². The van der Waals surface area contributed by atoms with Gasteiger partial charge in [0.2, 0.25) is 0 Å². The lowest BCUT2D eigenvalue weighted by Crippen LogP contribution is -2.43. The number of benzene rings is 7. The molecule has 2 heteroatoms. The number of nitrogens with zero attached hydrogens (tertiary/aromatic N) is 1. The van der Waals surface area contributed by atoms with Crippen LogP contribution in [0.15, 0.2) is 170 Å². The molecule has 7 aromatic rings. The summed E-state index contributed by atoms with van der Waals surface area (Å²) in [6, 6.07) is 59.5. The Labute approximate surface area is 377 Å². The Hall–Kier alpha value is -5.96. The number of hydrogen-bond donors (Lipinski definition) is 0. The molecule has 0 N–H and O–H groups in total. The number of anilines is 3. The van der Waals surface area contributed by atoms with E-state index in [-0.39, 0.29) is 34.9 Å². The molecule has 0 saturated heterocycles. The van der Waals surface area contributed by atoms with Crippen LogP contribution >= 0.6 is 0 Å². The maximum atomic E-state index is 6.98. The van der Waals surface area contributed by atoms with Crippen molar-refractivity contribution in [1.29, 1.82) is 0 Å². The summed E-state index contributed by atoms with van der Waals surface area (Å²) in [5.74, 6) is 0.238. The molecule has 2 unspecified atom stereocenters. The van der Waals surface area contributed by atoms with Crippen LogP contribution in [0.4, 0.5) is 17.1 Å². The zero-order valence-corrected chi connectivity index (χ0v) is 39.0. The molecule has 5 atom stereocenters. The highest BCUT2D eigenvalue weighted by molar-refractivity contribution is 5.90. The average molecular weight is 826 g/mol. The van der Waals surface area contributed by atoms with Crippen molar-refractivity contribution in [1.82, 2.24) is 0 Å². The molecule has 0 fully saturated rings. The topological polar surface area (TPSA) is 12.5 Å². The monoisotopic (exact) mass is 825 g/mol. The molecular weight excluding hydrogens is 763 g/mol. The molecule has 63 heavy (non-hydrogen) atoms. The normalized spacial score (nSPS) is 17.7. The second-order valence-electron chi connectivity index (χ2n) is 20.1.